The summed E-state index contributed by atoms with van der Waals surface area (Å²) in [5, 5.41) is 9.08. The van der Waals surface area contributed by atoms with Crippen LogP contribution < -0.4 is 0 Å². The van der Waals surface area contributed by atoms with Gasteiger partial charge in [0.2, 0.25) is 0 Å². The van der Waals surface area contributed by atoms with E-state index in [-0.39, 0.29) is 5.75 Å². The van der Waals surface area contributed by atoms with Crippen molar-refractivity contribution in [2.75, 3.05) is 0 Å². The third-order valence-electron chi connectivity index (χ3n) is 1.93. The van der Waals surface area contributed by atoms with E-state index in [0.29, 0.717) is 11.3 Å². The largest absolute Gasteiger partial charge is 0.508 e. The first kappa shape index (κ1) is 12.0. The lowest BCUT2D eigenvalue weighted by atomic mass is 10.2. The lowest BCUT2D eigenvalue weighted by molar-refractivity contribution is 0.0636. The van der Waals surface area contributed by atoms with Gasteiger partial charge in [-0.2, -0.15) is 0 Å². The van der Waals surface area contributed by atoms with Crippen molar-refractivity contribution in [2.45, 2.75) is 13.8 Å². The molecule has 3 heteroatoms. The molecule has 1 aromatic rings. The molecule has 0 amide bonds. The average Bonchev–Trinajstić information content (AvgIpc) is 2.29. The van der Waals surface area contributed by atoms with Crippen molar-refractivity contribution in [2.24, 2.45) is 0 Å². The van der Waals surface area contributed by atoms with Crippen molar-refractivity contribution in [3.8, 4) is 5.75 Å². The van der Waals surface area contributed by atoms with Gasteiger partial charge in [0.05, 0.1) is 5.56 Å². The Morgan fingerprint density at radius 1 is 1.25 bits per heavy atom. The molecule has 0 aliphatic carbocycles. The van der Waals surface area contributed by atoms with Crippen LogP contribution in [0.25, 0.3) is 0 Å². The first-order valence-corrected chi connectivity index (χ1v) is 4.97. The number of rotatable bonds is 3. The third-order valence-corrected chi connectivity index (χ3v) is 1.93. The molecule has 0 saturated heterocycles. The summed E-state index contributed by atoms with van der Waals surface area (Å²) in [6.45, 7) is 3.64. The molecule has 1 aromatic carbocycles. The number of carbonyl (C=O) groups excluding carboxylic acids is 1. The number of phenolic OH excluding ortho intramolecular Hbond substituents is 1. The minimum absolute atomic E-state index is 0.122. The van der Waals surface area contributed by atoms with Crippen molar-refractivity contribution in [1.82, 2.24) is 0 Å². The number of esters is 1. The minimum Gasteiger partial charge on any atom is -0.508 e. The van der Waals surface area contributed by atoms with E-state index in [1.165, 1.54) is 24.3 Å². The maximum Gasteiger partial charge on any atom is 0.343 e. The summed E-state index contributed by atoms with van der Waals surface area (Å²) >= 11 is 0. The second-order valence-corrected chi connectivity index (χ2v) is 3.13. The number of aromatic hydroxyl groups is 1. The molecule has 0 spiro atoms. The number of ether oxygens (including phenoxy) is 1. The average molecular weight is 218 g/mol. The van der Waals surface area contributed by atoms with Crippen molar-refractivity contribution in [1.29, 1.82) is 0 Å². The van der Waals surface area contributed by atoms with Gasteiger partial charge in [0.15, 0.2) is 0 Å². The van der Waals surface area contributed by atoms with Crippen molar-refractivity contribution in [3.05, 3.63) is 53.8 Å². The molecule has 0 saturated carbocycles. The molecule has 0 bridgehead atoms. The van der Waals surface area contributed by atoms with Gasteiger partial charge in [0.1, 0.15) is 11.5 Å². The van der Waals surface area contributed by atoms with E-state index in [9.17, 15) is 4.79 Å². The smallest absolute Gasteiger partial charge is 0.343 e. The Kier molecular flexibility index (Phi) is 4.33. The molecule has 0 heterocycles. The fourth-order valence-electron chi connectivity index (χ4n) is 1.12. The summed E-state index contributed by atoms with van der Waals surface area (Å²) in [6.07, 6.45) is 5.20. The Labute approximate surface area is 94.7 Å². The summed E-state index contributed by atoms with van der Waals surface area (Å²) in [4.78, 5) is 11.6. The van der Waals surface area contributed by atoms with E-state index in [4.69, 9.17) is 9.84 Å². The molecule has 0 radical (unpaired) electrons. The van der Waals surface area contributed by atoms with Gasteiger partial charge in [-0.15, -0.1) is 0 Å². The molecule has 0 aromatic heterocycles. The summed E-state index contributed by atoms with van der Waals surface area (Å²) in [5.41, 5.74) is 0.404. The molecular formula is C13H14O3. The summed E-state index contributed by atoms with van der Waals surface area (Å²) in [6, 6.07) is 5.92. The first-order valence-electron chi connectivity index (χ1n) is 4.97. The molecule has 0 atom stereocenters. The van der Waals surface area contributed by atoms with Crippen molar-refractivity contribution >= 4 is 5.97 Å². The van der Waals surface area contributed by atoms with Crippen LogP contribution in [-0.4, -0.2) is 11.1 Å². The Balaban J connectivity index is 2.76. The van der Waals surface area contributed by atoms with E-state index in [0.717, 1.165) is 0 Å². The van der Waals surface area contributed by atoms with Crippen LogP contribution in [0.1, 0.15) is 24.2 Å². The normalized spacial score (nSPS) is 11.8. The molecule has 0 fully saturated rings. The van der Waals surface area contributed by atoms with Gasteiger partial charge in [-0.25, -0.2) is 4.79 Å². The predicted molar refractivity (Wildman–Crippen MR) is 62.1 cm³/mol. The second kappa shape index (κ2) is 5.75. The van der Waals surface area contributed by atoms with Crippen LogP contribution in [0.4, 0.5) is 0 Å². The number of benzene rings is 1. The van der Waals surface area contributed by atoms with Gasteiger partial charge >= 0.3 is 5.97 Å². The van der Waals surface area contributed by atoms with Gasteiger partial charge in [0.25, 0.3) is 0 Å². The van der Waals surface area contributed by atoms with Gasteiger partial charge < -0.3 is 9.84 Å². The summed E-state index contributed by atoms with van der Waals surface area (Å²) < 4.78 is 5.12. The maximum absolute atomic E-state index is 11.6. The molecule has 0 aliphatic rings. The number of phenols is 1. The van der Waals surface area contributed by atoms with Gasteiger partial charge in [-0.1, -0.05) is 6.08 Å². The van der Waals surface area contributed by atoms with E-state index in [1.54, 1.807) is 25.2 Å². The van der Waals surface area contributed by atoms with E-state index in [2.05, 4.69) is 0 Å². The molecular weight excluding hydrogens is 204 g/mol. The van der Waals surface area contributed by atoms with Gasteiger partial charge in [-0.3, -0.25) is 0 Å². The van der Waals surface area contributed by atoms with E-state index >= 15 is 0 Å². The molecule has 16 heavy (non-hydrogen) atoms. The van der Waals surface area contributed by atoms with Crippen LogP contribution in [0.5, 0.6) is 5.75 Å². The van der Waals surface area contributed by atoms with Gasteiger partial charge in [-0.05, 0) is 50.3 Å². The first-order chi connectivity index (χ1) is 7.67. The zero-order valence-electron chi connectivity index (χ0n) is 9.31. The molecule has 1 N–H and O–H groups in total. The van der Waals surface area contributed by atoms with Crippen LogP contribution in [0.15, 0.2) is 48.3 Å². The van der Waals surface area contributed by atoms with E-state index < -0.39 is 5.97 Å². The topological polar surface area (TPSA) is 46.5 Å². The fourth-order valence-corrected chi connectivity index (χ4v) is 1.12. The van der Waals surface area contributed by atoms with Crippen LogP contribution in [0.2, 0.25) is 0 Å². The monoisotopic (exact) mass is 218 g/mol. The minimum atomic E-state index is -0.439. The van der Waals surface area contributed by atoms with Crippen molar-refractivity contribution < 1.29 is 14.6 Å². The Morgan fingerprint density at radius 3 is 2.38 bits per heavy atom. The SMILES string of the molecule is CC=CC(=CC)OC(=O)c1ccc(O)cc1. The molecule has 1 rings (SSSR count). The number of allylic oxidation sites excluding steroid dienone is 3. The highest BCUT2D eigenvalue weighted by Gasteiger charge is 2.07. The second-order valence-electron chi connectivity index (χ2n) is 3.13. The van der Waals surface area contributed by atoms with Crippen molar-refractivity contribution in [3.63, 3.8) is 0 Å². The number of hydrogen-bond donors (Lipinski definition) is 1. The Bertz CT molecular complexity index is 413. The molecule has 84 valence electrons. The van der Waals surface area contributed by atoms with Crippen LogP contribution in [0, 0.1) is 0 Å². The fraction of sp³-hybridized carbons (Fsp3) is 0.154. The highest BCUT2D eigenvalue weighted by atomic mass is 16.5. The highest BCUT2D eigenvalue weighted by molar-refractivity contribution is 5.90. The number of carbonyl (C=O) groups is 1. The molecule has 0 aliphatic heterocycles. The van der Waals surface area contributed by atoms with Gasteiger partial charge in [0, 0.05) is 0 Å². The molecule has 3 nitrogen and oxygen atoms in total. The van der Waals surface area contributed by atoms with Crippen LogP contribution >= 0.6 is 0 Å². The van der Waals surface area contributed by atoms with Crippen LogP contribution in [-0.2, 0) is 4.74 Å². The van der Waals surface area contributed by atoms with Crippen LogP contribution in [0.3, 0.4) is 0 Å². The lowest BCUT2D eigenvalue weighted by Gasteiger charge is -2.04. The summed E-state index contributed by atoms with van der Waals surface area (Å²) in [5.74, 6) is 0.183. The van der Waals surface area contributed by atoms with E-state index in [1.807, 2.05) is 6.92 Å². The highest BCUT2D eigenvalue weighted by Crippen LogP contribution is 2.12. The lowest BCUT2D eigenvalue weighted by Crippen LogP contribution is -2.03. The Hall–Kier alpha value is -2.03. The predicted octanol–water partition coefficient (Wildman–Crippen LogP) is 3.03. The quantitative estimate of drug-likeness (QED) is 0.482. The zero-order valence-corrected chi connectivity index (χ0v) is 9.31. The summed E-state index contributed by atoms with van der Waals surface area (Å²) in [7, 11) is 0. The number of hydrogen-bond acceptors (Lipinski definition) is 3. The maximum atomic E-state index is 11.6. The molecule has 0 unspecified atom stereocenters. The standard InChI is InChI=1S/C13H14O3/c1-3-5-12(4-2)16-13(15)10-6-8-11(14)9-7-10/h3-9,14H,1-2H3. The zero-order chi connectivity index (χ0) is 12.0. The Morgan fingerprint density at radius 2 is 1.88 bits per heavy atom. The third kappa shape index (κ3) is 3.28.